The Labute approximate surface area is 123 Å². The molecule has 2 aromatic carbocycles. The molecule has 2 N–H and O–H groups in total. The van der Waals surface area contributed by atoms with E-state index in [1.54, 1.807) is 37.4 Å². The van der Waals surface area contributed by atoms with Gasteiger partial charge in [-0.15, -0.1) is 0 Å². The molecule has 2 rings (SSSR count). The molecular weight excluding hydrogens is 273 g/mol. The molecule has 0 aliphatic rings. The van der Waals surface area contributed by atoms with Crippen LogP contribution in [0.5, 0.6) is 11.5 Å². The van der Waals surface area contributed by atoms with E-state index >= 15 is 0 Å². The summed E-state index contributed by atoms with van der Waals surface area (Å²) in [5.74, 6) is 0.875. The number of rotatable bonds is 7. The van der Waals surface area contributed by atoms with Crippen LogP contribution in [0.15, 0.2) is 42.5 Å². The van der Waals surface area contributed by atoms with Gasteiger partial charge in [0.05, 0.1) is 13.7 Å². The summed E-state index contributed by atoms with van der Waals surface area (Å²) < 4.78 is 24.1. The van der Waals surface area contributed by atoms with Crippen LogP contribution in [0.1, 0.15) is 5.56 Å². The maximum absolute atomic E-state index is 13.5. The summed E-state index contributed by atoms with van der Waals surface area (Å²) in [6.07, 6.45) is 0. The zero-order valence-corrected chi connectivity index (χ0v) is 11.8. The van der Waals surface area contributed by atoms with E-state index < -0.39 is 0 Å². The Morgan fingerprint density at radius 2 is 1.95 bits per heavy atom. The Hall–Kier alpha value is -2.27. The molecule has 0 unspecified atom stereocenters. The number of anilines is 1. The van der Waals surface area contributed by atoms with Crippen LogP contribution in [0.2, 0.25) is 0 Å². The molecule has 0 heterocycles. The van der Waals surface area contributed by atoms with E-state index in [2.05, 4.69) is 5.32 Å². The third kappa shape index (κ3) is 4.10. The number of methoxy groups -OCH3 is 1. The van der Waals surface area contributed by atoms with Gasteiger partial charge < -0.3 is 19.9 Å². The van der Waals surface area contributed by atoms with Crippen molar-refractivity contribution in [3.05, 3.63) is 53.8 Å². The first kappa shape index (κ1) is 15.1. The van der Waals surface area contributed by atoms with Gasteiger partial charge in [-0.2, -0.15) is 0 Å². The van der Waals surface area contributed by atoms with Gasteiger partial charge in [0.1, 0.15) is 12.4 Å². The normalized spacial score (nSPS) is 10.2. The van der Waals surface area contributed by atoms with Crippen LogP contribution in [0.25, 0.3) is 0 Å². The summed E-state index contributed by atoms with van der Waals surface area (Å²) in [4.78, 5) is 0. The van der Waals surface area contributed by atoms with E-state index in [-0.39, 0.29) is 19.0 Å². The molecule has 0 fully saturated rings. The van der Waals surface area contributed by atoms with Crippen molar-refractivity contribution >= 4 is 5.69 Å². The molecule has 4 nitrogen and oxygen atoms in total. The summed E-state index contributed by atoms with van der Waals surface area (Å²) >= 11 is 0. The van der Waals surface area contributed by atoms with Crippen LogP contribution in [-0.4, -0.2) is 25.4 Å². The standard InChI is InChI=1S/C16H18FNO3/c1-20-15-7-6-13(10-16(15)21-9-8-19)18-11-12-4-2-3-5-14(12)17/h2-7,10,18-19H,8-9,11H2,1H3. The molecule has 112 valence electrons. The van der Waals surface area contributed by atoms with Crippen molar-refractivity contribution in [1.29, 1.82) is 0 Å². The van der Waals surface area contributed by atoms with Crippen LogP contribution in [0.4, 0.5) is 10.1 Å². The highest BCUT2D eigenvalue weighted by molar-refractivity contribution is 5.55. The third-order valence-electron chi connectivity index (χ3n) is 2.95. The van der Waals surface area contributed by atoms with Gasteiger partial charge in [0.25, 0.3) is 0 Å². The molecule has 0 aliphatic carbocycles. The quantitative estimate of drug-likeness (QED) is 0.823. The summed E-state index contributed by atoms with van der Waals surface area (Å²) in [5.41, 5.74) is 1.37. The van der Waals surface area contributed by atoms with Crippen molar-refractivity contribution in [1.82, 2.24) is 0 Å². The average molecular weight is 291 g/mol. The number of aliphatic hydroxyl groups is 1. The highest BCUT2D eigenvalue weighted by Crippen LogP contribution is 2.30. The predicted molar refractivity (Wildman–Crippen MR) is 79.3 cm³/mol. The van der Waals surface area contributed by atoms with Crippen molar-refractivity contribution in [2.45, 2.75) is 6.54 Å². The van der Waals surface area contributed by atoms with Crippen molar-refractivity contribution < 1.29 is 19.0 Å². The Morgan fingerprint density at radius 3 is 2.67 bits per heavy atom. The SMILES string of the molecule is COc1ccc(NCc2ccccc2F)cc1OCCO. The van der Waals surface area contributed by atoms with Crippen molar-refractivity contribution in [3.8, 4) is 11.5 Å². The number of aliphatic hydroxyl groups excluding tert-OH is 1. The van der Waals surface area contributed by atoms with E-state index in [1.807, 2.05) is 6.07 Å². The van der Waals surface area contributed by atoms with Crippen LogP contribution < -0.4 is 14.8 Å². The summed E-state index contributed by atoms with van der Waals surface area (Å²) in [6, 6.07) is 12.0. The number of halogens is 1. The summed E-state index contributed by atoms with van der Waals surface area (Å²) in [6.45, 7) is 0.488. The molecule has 21 heavy (non-hydrogen) atoms. The Bertz CT molecular complexity index is 589. The number of hydrogen-bond donors (Lipinski definition) is 2. The van der Waals surface area contributed by atoms with E-state index in [4.69, 9.17) is 14.6 Å². The lowest BCUT2D eigenvalue weighted by Gasteiger charge is -2.13. The monoisotopic (exact) mass is 291 g/mol. The highest BCUT2D eigenvalue weighted by atomic mass is 19.1. The summed E-state index contributed by atoms with van der Waals surface area (Å²) in [5, 5.41) is 12.0. The lowest BCUT2D eigenvalue weighted by Crippen LogP contribution is -2.05. The first-order chi connectivity index (χ1) is 10.2. The lowest BCUT2D eigenvalue weighted by molar-refractivity contribution is 0.196. The molecule has 0 aliphatic heterocycles. The van der Waals surface area contributed by atoms with Crippen molar-refractivity contribution in [2.75, 3.05) is 25.6 Å². The maximum atomic E-state index is 13.5. The van der Waals surface area contributed by atoms with Gasteiger partial charge in [0.2, 0.25) is 0 Å². The fourth-order valence-electron chi connectivity index (χ4n) is 1.89. The fraction of sp³-hybridized carbons (Fsp3) is 0.250. The van der Waals surface area contributed by atoms with Gasteiger partial charge in [-0.1, -0.05) is 18.2 Å². The van der Waals surface area contributed by atoms with Crippen molar-refractivity contribution in [3.63, 3.8) is 0 Å². The van der Waals surface area contributed by atoms with Gasteiger partial charge in [0, 0.05) is 23.9 Å². The minimum Gasteiger partial charge on any atom is -0.493 e. The van der Waals surface area contributed by atoms with Gasteiger partial charge in [-0.05, 0) is 18.2 Å². The van der Waals surface area contributed by atoms with Crippen LogP contribution in [0.3, 0.4) is 0 Å². The van der Waals surface area contributed by atoms with Gasteiger partial charge in [0.15, 0.2) is 11.5 Å². The van der Waals surface area contributed by atoms with E-state index in [1.165, 1.54) is 6.07 Å². The predicted octanol–water partition coefficient (Wildman–Crippen LogP) is 2.82. The zero-order valence-electron chi connectivity index (χ0n) is 11.8. The first-order valence-corrected chi connectivity index (χ1v) is 6.63. The Kier molecular flexibility index (Phi) is 5.40. The minimum absolute atomic E-state index is 0.0734. The topological polar surface area (TPSA) is 50.7 Å². The molecular formula is C16H18FNO3. The molecule has 2 aromatic rings. The number of ether oxygens (including phenoxy) is 2. The molecule has 0 spiro atoms. The lowest BCUT2D eigenvalue weighted by atomic mass is 10.2. The highest BCUT2D eigenvalue weighted by Gasteiger charge is 2.06. The van der Waals surface area contributed by atoms with Crippen LogP contribution in [-0.2, 0) is 6.54 Å². The third-order valence-corrected chi connectivity index (χ3v) is 2.95. The van der Waals surface area contributed by atoms with Gasteiger partial charge >= 0.3 is 0 Å². The molecule has 0 saturated carbocycles. The molecule has 0 aromatic heterocycles. The molecule has 0 bridgehead atoms. The smallest absolute Gasteiger partial charge is 0.163 e. The Morgan fingerprint density at radius 1 is 1.14 bits per heavy atom. The second kappa shape index (κ2) is 7.50. The van der Waals surface area contributed by atoms with Gasteiger partial charge in [-0.3, -0.25) is 0 Å². The molecule has 5 heteroatoms. The molecule has 0 atom stereocenters. The number of nitrogens with one attached hydrogen (secondary N) is 1. The largest absolute Gasteiger partial charge is 0.493 e. The van der Waals surface area contributed by atoms with E-state index in [9.17, 15) is 4.39 Å². The average Bonchev–Trinajstić information content (AvgIpc) is 2.52. The first-order valence-electron chi connectivity index (χ1n) is 6.63. The summed E-state index contributed by atoms with van der Waals surface area (Å²) in [7, 11) is 1.55. The number of benzene rings is 2. The Balaban J connectivity index is 2.08. The molecule has 0 radical (unpaired) electrons. The van der Waals surface area contributed by atoms with E-state index in [0.29, 0.717) is 23.6 Å². The minimum atomic E-state index is -0.240. The maximum Gasteiger partial charge on any atom is 0.163 e. The zero-order chi connectivity index (χ0) is 15.1. The molecule has 0 amide bonds. The van der Waals surface area contributed by atoms with Crippen LogP contribution in [0, 0.1) is 5.82 Å². The second-order valence-electron chi connectivity index (χ2n) is 4.38. The second-order valence-corrected chi connectivity index (χ2v) is 4.38. The van der Waals surface area contributed by atoms with E-state index in [0.717, 1.165) is 5.69 Å². The fourth-order valence-corrected chi connectivity index (χ4v) is 1.89. The molecule has 0 saturated heterocycles. The van der Waals surface area contributed by atoms with Gasteiger partial charge in [-0.25, -0.2) is 4.39 Å². The van der Waals surface area contributed by atoms with Crippen LogP contribution >= 0.6 is 0 Å². The number of hydrogen-bond acceptors (Lipinski definition) is 4. The van der Waals surface area contributed by atoms with Crippen molar-refractivity contribution in [2.24, 2.45) is 0 Å².